The smallest absolute Gasteiger partial charge is 0.248 e. The van der Waals surface area contributed by atoms with Gasteiger partial charge in [0.2, 0.25) is 5.91 Å². The Hall–Kier alpha value is -2.70. The summed E-state index contributed by atoms with van der Waals surface area (Å²) in [5.41, 5.74) is 3.89. The highest BCUT2D eigenvalue weighted by Gasteiger charge is 2.16. The number of aryl methyl sites for hydroxylation is 1. The summed E-state index contributed by atoms with van der Waals surface area (Å²) >= 11 is 6.36. The van der Waals surface area contributed by atoms with Crippen molar-refractivity contribution in [2.45, 2.75) is 26.9 Å². The topological polar surface area (TPSA) is 54.0 Å². The van der Waals surface area contributed by atoms with Gasteiger partial charge in [-0.25, -0.2) is 0 Å². The van der Waals surface area contributed by atoms with Gasteiger partial charge in [0, 0.05) is 43.6 Å². The Kier molecular flexibility index (Phi) is 8.04. The summed E-state index contributed by atoms with van der Waals surface area (Å²) in [6.07, 6.45) is 3.16. The Labute approximate surface area is 195 Å². The number of likely N-dealkylation sites (N-methyl/N-ethyl adjacent to an activating group) is 1. The van der Waals surface area contributed by atoms with Crippen molar-refractivity contribution in [3.05, 3.63) is 52.6 Å². The van der Waals surface area contributed by atoms with E-state index in [0.29, 0.717) is 16.5 Å². The summed E-state index contributed by atoms with van der Waals surface area (Å²) in [6.45, 7) is 10.1. The van der Waals surface area contributed by atoms with Gasteiger partial charge in [-0.1, -0.05) is 11.6 Å². The van der Waals surface area contributed by atoms with Crippen LogP contribution in [0, 0.1) is 6.92 Å². The molecule has 7 heteroatoms. The molecule has 0 bridgehead atoms. The molecule has 1 aliphatic rings. The number of anilines is 2. The Morgan fingerprint density at radius 3 is 2.50 bits per heavy atom. The molecular formula is C25H32ClN3O3. The van der Waals surface area contributed by atoms with E-state index in [2.05, 4.69) is 35.2 Å². The lowest BCUT2D eigenvalue weighted by Gasteiger charge is -2.35. The zero-order chi connectivity index (χ0) is 23.3. The fraction of sp³-hybridized carbons (Fsp3) is 0.400. The molecule has 1 fully saturated rings. The predicted molar refractivity (Wildman–Crippen MR) is 132 cm³/mol. The molecule has 2 aromatic carbocycles. The Balaban J connectivity index is 1.66. The van der Waals surface area contributed by atoms with Crippen molar-refractivity contribution in [1.29, 1.82) is 0 Å². The number of rotatable bonds is 7. The van der Waals surface area contributed by atoms with Crippen molar-refractivity contribution < 1.29 is 14.3 Å². The molecule has 0 radical (unpaired) electrons. The fourth-order valence-corrected chi connectivity index (χ4v) is 3.94. The van der Waals surface area contributed by atoms with Crippen molar-refractivity contribution in [2.24, 2.45) is 0 Å². The molecule has 1 heterocycles. The first-order valence-corrected chi connectivity index (χ1v) is 11.2. The standard InChI is InChI=1S/C25H32ClN3O3/c1-17(2)32-25-21(26)15-19(16-23(25)31-5)6-9-24(30)27-20-7-8-22(18(3)14-20)29-12-10-28(4)11-13-29/h6-9,14-17H,10-13H2,1-5H3,(H,27,30)/b9-6+. The van der Waals surface area contributed by atoms with Gasteiger partial charge in [0.25, 0.3) is 0 Å². The van der Waals surface area contributed by atoms with Crippen LogP contribution in [0.3, 0.4) is 0 Å². The second-order valence-corrected chi connectivity index (χ2v) is 8.72. The maximum atomic E-state index is 12.5. The van der Waals surface area contributed by atoms with Crippen molar-refractivity contribution in [3.63, 3.8) is 0 Å². The first-order chi connectivity index (χ1) is 15.3. The largest absolute Gasteiger partial charge is 0.493 e. The first-order valence-electron chi connectivity index (χ1n) is 10.8. The van der Waals surface area contributed by atoms with Crippen molar-refractivity contribution in [2.75, 3.05) is 50.6 Å². The minimum absolute atomic E-state index is 0.0281. The van der Waals surface area contributed by atoms with Gasteiger partial charge in [-0.3, -0.25) is 4.79 Å². The number of ether oxygens (including phenoxy) is 2. The SMILES string of the molecule is COc1cc(/C=C/C(=O)Nc2ccc(N3CCN(C)CC3)c(C)c2)cc(Cl)c1OC(C)C. The fourth-order valence-electron chi connectivity index (χ4n) is 3.68. The van der Waals surface area contributed by atoms with E-state index in [-0.39, 0.29) is 12.0 Å². The Morgan fingerprint density at radius 2 is 1.88 bits per heavy atom. The van der Waals surface area contributed by atoms with Crippen LogP contribution < -0.4 is 19.7 Å². The van der Waals surface area contributed by atoms with Crippen molar-refractivity contribution >= 4 is 35.0 Å². The number of methoxy groups -OCH3 is 1. The molecule has 0 unspecified atom stereocenters. The third-order valence-electron chi connectivity index (χ3n) is 5.34. The number of carbonyl (C=O) groups is 1. The molecule has 0 aromatic heterocycles. The van der Waals surface area contributed by atoms with E-state index in [1.807, 2.05) is 26.0 Å². The maximum Gasteiger partial charge on any atom is 0.248 e. The second-order valence-electron chi connectivity index (χ2n) is 8.31. The van der Waals surface area contributed by atoms with Crippen molar-refractivity contribution in [3.8, 4) is 11.5 Å². The molecule has 1 N–H and O–H groups in total. The molecule has 0 aliphatic carbocycles. The predicted octanol–water partition coefficient (Wildman–Crippen LogP) is 4.85. The lowest BCUT2D eigenvalue weighted by molar-refractivity contribution is -0.111. The number of carbonyl (C=O) groups excluding carboxylic acids is 1. The third kappa shape index (κ3) is 6.17. The van der Waals surface area contributed by atoms with E-state index < -0.39 is 0 Å². The number of nitrogens with zero attached hydrogens (tertiary/aromatic N) is 2. The van der Waals surface area contributed by atoms with Gasteiger partial charge in [0.15, 0.2) is 11.5 Å². The lowest BCUT2D eigenvalue weighted by atomic mass is 10.1. The number of piperazine rings is 1. The molecule has 2 aromatic rings. The molecule has 3 rings (SSSR count). The van der Waals surface area contributed by atoms with Crippen LogP contribution in [0.2, 0.25) is 5.02 Å². The average molecular weight is 458 g/mol. The second kappa shape index (κ2) is 10.7. The van der Waals surface area contributed by atoms with Gasteiger partial charge in [0.1, 0.15) is 0 Å². The average Bonchev–Trinajstić information content (AvgIpc) is 2.74. The number of benzene rings is 2. The monoisotopic (exact) mass is 457 g/mol. The molecular weight excluding hydrogens is 426 g/mol. The van der Waals surface area contributed by atoms with Crippen LogP contribution in [-0.4, -0.2) is 57.2 Å². The Bertz CT molecular complexity index is 983. The van der Waals surface area contributed by atoms with Gasteiger partial charge < -0.3 is 24.6 Å². The third-order valence-corrected chi connectivity index (χ3v) is 5.62. The first kappa shape index (κ1) is 24.0. The van der Waals surface area contributed by atoms with Crippen LogP contribution in [0.25, 0.3) is 6.08 Å². The summed E-state index contributed by atoms with van der Waals surface area (Å²) in [4.78, 5) is 17.2. The van der Waals surface area contributed by atoms with Crippen LogP contribution in [0.5, 0.6) is 11.5 Å². The molecule has 1 saturated heterocycles. The molecule has 6 nitrogen and oxygen atoms in total. The van der Waals surface area contributed by atoms with Crippen LogP contribution in [0.4, 0.5) is 11.4 Å². The normalized spacial score (nSPS) is 14.8. The van der Waals surface area contributed by atoms with Crippen molar-refractivity contribution in [1.82, 2.24) is 4.90 Å². The van der Waals surface area contributed by atoms with Gasteiger partial charge in [-0.2, -0.15) is 0 Å². The molecule has 32 heavy (non-hydrogen) atoms. The molecule has 0 spiro atoms. The zero-order valence-corrected chi connectivity index (χ0v) is 20.2. The van der Waals surface area contributed by atoms with Crippen LogP contribution in [0.1, 0.15) is 25.0 Å². The zero-order valence-electron chi connectivity index (χ0n) is 19.4. The number of hydrogen-bond acceptors (Lipinski definition) is 5. The number of amides is 1. The van der Waals surface area contributed by atoms with Crippen LogP contribution in [0.15, 0.2) is 36.4 Å². The summed E-state index contributed by atoms with van der Waals surface area (Å²) in [6, 6.07) is 9.59. The van der Waals surface area contributed by atoms with Gasteiger partial charge in [-0.05, 0) is 75.4 Å². The minimum atomic E-state index is -0.214. The number of hydrogen-bond donors (Lipinski definition) is 1. The van der Waals surface area contributed by atoms with Gasteiger partial charge in [0.05, 0.1) is 18.2 Å². The van der Waals surface area contributed by atoms with E-state index in [1.165, 1.54) is 11.8 Å². The summed E-state index contributed by atoms with van der Waals surface area (Å²) in [5, 5.41) is 3.37. The summed E-state index contributed by atoms with van der Waals surface area (Å²) < 4.78 is 11.1. The highest BCUT2D eigenvalue weighted by atomic mass is 35.5. The molecule has 0 atom stereocenters. The number of halogens is 1. The molecule has 172 valence electrons. The summed E-state index contributed by atoms with van der Waals surface area (Å²) in [7, 11) is 3.71. The minimum Gasteiger partial charge on any atom is -0.493 e. The van der Waals surface area contributed by atoms with E-state index >= 15 is 0 Å². The highest BCUT2D eigenvalue weighted by molar-refractivity contribution is 6.32. The van der Waals surface area contributed by atoms with E-state index in [0.717, 1.165) is 43.0 Å². The van der Waals surface area contributed by atoms with Crippen LogP contribution in [-0.2, 0) is 4.79 Å². The van der Waals surface area contributed by atoms with E-state index in [1.54, 1.807) is 25.3 Å². The lowest BCUT2D eigenvalue weighted by Crippen LogP contribution is -2.44. The van der Waals surface area contributed by atoms with Crippen LogP contribution >= 0.6 is 11.6 Å². The quantitative estimate of drug-likeness (QED) is 0.602. The van der Waals surface area contributed by atoms with E-state index in [9.17, 15) is 4.79 Å². The van der Waals surface area contributed by atoms with Gasteiger partial charge >= 0.3 is 0 Å². The maximum absolute atomic E-state index is 12.5. The molecule has 0 saturated carbocycles. The highest BCUT2D eigenvalue weighted by Crippen LogP contribution is 2.37. The molecule has 1 aliphatic heterocycles. The van der Waals surface area contributed by atoms with Gasteiger partial charge in [-0.15, -0.1) is 0 Å². The summed E-state index contributed by atoms with van der Waals surface area (Å²) in [5.74, 6) is 0.817. The van der Waals surface area contributed by atoms with E-state index in [4.69, 9.17) is 21.1 Å². The molecule has 1 amide bonds. The Morgan fingerprint density at radius 1 is 1.16 bits per heavy atom. The number of nitrogens with one attached hydrogen (secondary N) is 1.